The van der Waals surface area contributed by atoms with Crippen molar-refractivity contribution in [1.82, 2.24) is 15.6 Å². The summed E-state index contributed by atoms with van der Waals surface area (Å²) in [5.74, 6) is 0.794. The van der Waals surface area contributed by atoms with Crippen LogP contribution in [0.25, 0.3) is 0 Å². The minimum Gasteiger partial charge on any atom is -0.493 e. The van der Waals surface area contributed by atoms with E-state index < -0.39 is 6.09 Å². The van der Waals surface area contributed by atoms with Crippen molar-refractivity contribution in [3.8, 4) is 11.5 Å². The van der Waals surface area contributed by atoms with Gasteiger partial charge in [-0.25, -0.2) is 9.78 Å². The van der Waals surface area contributed by atoms with Gasteiger partial charge >= 0.3 is 6.09 Å². The second kappa shape index (κ2) is 8.16. The summed E-state index contributed by atoms with van der Waals surface area (Å²) >= 11 is 1.21. The Hall–Kier alpha value is -2.81. The monoisotopic (exact) mass is 351 g/mol. The summed E-state index contributed by atoms with van der Waals surface area (Å²) in [5, 5.41) is 15.6. The van der Waals surface area contributed by atoms with Crippen molar-refractivity contribution in [3.05, 3.63) is 39.8 Å². The maximum atomic E-state index is 12.1. The molecule has 0 aliphatic heterocycles. The van der Waals surface area contributed by atoms with Crippen LogP contribution in [0.2, 0.25) is 0 Å². The molecule has 8 nitrogen and oxygen atoms in total. The third-order valence-corrected chi connectivity index (χ3v) is 3.95. The third-order valence-electron chi connectivity index (χ3n) is 3.10. The molecular weight excluding hydrogens is 334 g/mol. The van der Waals surface area contributed by atoms with Crippen LogP contribution in [0.1, 0.15) is 21.1 Å². The number of ether oxygens (including phenoxy) is 2. The summed E-state index contributed by atoms with van der Waals surface area (Å²) in [6.45, 7) is 0.316. The molecule has 0 unspecified atom stereocenters. The topological polar surface area (TPSA) is 110 Å². The molecule has 2 rings (SSSR count). The molecule has 3 N–H and O–H groups in total. The third kappa shape index (κ3) is 4.35. The van der Waals surface area contributed by atoms with Gasteiger partial charge in [-0.2, -0.15) is 0 Å². The van der Waals surface area contributed by atoms with Gasteiger partial charge in [0.2, 0.25) is 0 Å². The number of carbonyl (C=O) groups is 2. The van der Waals surface area contributed by atoms with Crippen molar-refractivity contribution >= 4 is 23.3 Å². The van der Waals surface area contributed by atoms with Crippen LogP contribution in [0.15, 0.2) is 23.6 Å². The zero-order valence-electron chi connectivity index (χ0n) is 13.2. The SMILES string of the molecule is COc1cccc(CNC(=O)c2csc(CNC(=O)O)n2)c1OC. The predicted octanol–water partition coefficient (Wildman–Crippen LogP) is 1.86. The molecule has 1 aromatic carbocycles. The summed E-state index contributed by atoms with van der Waals surface area (Å²) in [6, 6.07) is 5.40. The first kappa shape index (κ1) is 17.5. The van der Waals surface area contributed by atoms with Gasteiger partial charge in [-0.15, -0.1) is 11.3 Å². The number of hydrogen-bond donors (Lipinski definition) is 3. The Bertz CT molecular complexity index is 732. The highest BCUT2D eigenvalue weighted by Gasteiger charge is 2.14. The highest BCUT2D eigenvalue weighted by atomic mass is 32.1. The zero-order valence-corrected chi connectivity index (χ0v) is 14.0. The van der Waals surface area contributed by atoms with Gasteiger partial charge in [0.15, 0.2) is 11.5 Å². The standard InChI is InChI=1S/C15H17N3O5S/c1-22-11-5-3-4-9(13(11)23-2)6-16-14(19)10-8-24-12(18-10)7-17-15(20)21/h3-5,8,17H,6-7H2,1-2H3,(H,16,19)(H,20,21). The lowest BCUT2D eigenvalue weighted by molar-refractivity contribution is 0.0946. The van der Waals surface area contributed by atoms with Gasteiger partial charge in [0.1, 0.15) is 10.7 Å². The van der Waals surface area contributed by atoms with Gasteiger partial charge in [-0.05, 0) is 6.07 Å². The highest BCUT2D eigenvalue weighted by Crippen LogP contribution is 2.30. The first-order valence-electron chi connectivity index (χ1n) is 6.94. The summed E-state index contributed by atoms with van der Waals surface area (Å²) < 4.78 is 10.5. The van der Waals surface area contributed by atoms with Gasteiger partial charge in [0.25, 0.3) is 5.91 Å². The van der Waals surface area contributed by atoms with E-state index in [9.17, 15) is 9.59 Å². The van der Waals surface area contributed by atoms with Crippen molar-refractivity contribution in [2.24, 2.45) is 0 Å². The van der Waals surface area contributed by atoms with E-state index >= 15 is 0 Å². The van der Waals surface area contributed by atoms with Crippen molar-refractivity contribution in [2.45, 2.75) is 13.1 Å². The van der Waals surface area contributed by atoms with E-state index in [1.54, 1.807) is 24.6 Å². The van der Waals surface area contributed by atoms with Gasteiger partial charge in [0.05, 0.1) is 20.8 Å². The largest absolute Gasteiger partial charge is 0.493 e. The van der Waals surface area contributed by atoms with Crippen molar-refractivity contribution in [2.75, 3.05) is 14.2 Å². The Balaban J connectivity index is 2.00. The van der Waals surface area contributed by atoms with E-state index in [-0.39, 0.29) is 24.7 Å². The summed E-state index contributed by atoms with van der Waals surface area (Å²) in [4.78, 5) is 26.7. The van der Waals surface area contributed by atoms with Crippen LogP contribution < -0.4 is 20.1 Å². The molecule has 0 bridgehead atoms. The molecule has 2 aromatic rings. The van der Waals surface area contributed by atoms with Crippen LogP contribution >= 0.6 is 11.3 Å². The quantitative estimate of drug-likeness (QED) is 0.702. The molecule has 0 fully saturated rings. The van der Waals surface area contributed by atoms with Gasteiger partial charge in [-0.3, -0.25) is 4.79 Å². The van der Waals surface area contributed by atoms with E-state index in [2.05, 4.69) is 15.6 Å². The number of carboxylic acid groups (broad SMARTS) is 1. The molecule has 1 aromatic heterocycles. The number of nitrogens with one attached hydrogen (secondary N) is 2. The Morgan fingerprint density at radius 2 is 2.00 bits per heavy atom. The van der Waals surface area contributed by atoms with Gasteiger partial charge in [0, 0.05) is 17.5 Å². The Morgan fingerprint density at radius 3 is 2.67 bits per heavy atom. The smallest absolute Gasteiger partial charge is 0.405 e. The molecule has 0 aliphatic carbocycles. The van der Waals surface area contributed by atoms with Crippen molar-refractivity contribution in [1.29, 1.82) is 0 Å². The number of hydrogen-bond acceptors (Lipinski definition) is 6. The molecule has 0 saturated carbocycles. The minimum atomic E-state index is -1.14. The second-order valence-corrected chi connectivity index (χ2v) is 5.56. The number of nitrogens with zero attached hydrogens (tertiary/aromatic N) is 1. The molecule has 24 heavy (non-hydrogen) atoms. The van der Waals surface area contributed by atoms with Crippen molar-refractivity contribution < 1.29 is 24.2 Å². The fourth-order valence-electron chi connectivity index (χ4n) is 2.01. The molecule has 0 aliphatic rings. The Morgan fingerprint density at radius 1 is 1.21 bits per heavy atom. The number of benzene rings is 1. The maximum absolute atomic E-state index is 12.1. The lowest BCUT2D eigenvalue weighted by atomic mass is 10.2. The highest BCUT2D eigenvalue weighted by molar-refractivity contribution is 7.09. The number of para-hydroxylation sites is 1. The average molecular weight is 351 g/mol. The molecule has 0 atom stereocenters. The fraction of sp³-hybridized carbons (Fsp3) is 0.267. The maximum Gasteiger partial charge on any atom is 0.405 e. The van der Waals surface area contributed by atoms with E-state index in [1.165, 1.54) is 18.4 Å². The number of aromatic nitrogens is 1. The van der Waals surface area contributed by atoms with E-state index in [0.29, 0.717) is 16.5 Å². The molecule has 1 heterocycles. The number of carbonyl (C=O) groups excluding carboxylic acids is 1. The van der Waals surface area contributed by atoms with Gasteiger partial charge < -0.3 is 25.2 Å². The lowest BCUT2D eigenvalue weighted by Gasteiger charge is -2.12. The summed E-state index contributed by atoms with van der Waals surface area (Å²) in [7, 11) is 3.08. The number of amides is 2. The number of rotatable bonds is 7. The molecule has 2 amide bonds. The van der Waals surface area contributed by atoms with E-state index in [4.69, 9.17) is 14.6 Å². The van der Waals surface area contributed by atoms with E-state index in [1.807, 2.05) is 6.07 Å². The normalized spacial score (nSPS) is 10.1. The second-order valence-electron chi connectivity index (χ2n) is 4.62. The molecule has 0 radical (unpaired) electrons. The first-order chi connectivity index (χ1) is 11.5. The van der Waals surface area contributed by atoms with Crippen LogP contribution in [0.3, 0.4) is 0 Å². The molecule has 9 heteroatoms. The molecular formula is C15H17N3O5S. The van der Waals surface area contributed by atoms with Crippen LogP contribution in [0.5, 0.6) is 11.5 Å². The van der Waals surface area contributed by atoms with Crippen LogP contribution in [0.4, 0.5) is 4.79 Å². The number of methoxy groups -OCH3 is 2. The summed E-state index contributed by atoms with van der Waals surface area (Å²) in [5.41, 5.74) is 1.01. The molecule has 0 spiro atoms. The Kier molecular flexibility index (Phi) is 5.96. The number of thiazole rings is 1. The van der Waals surface area contributed by atoms with E-state index in [0.717, 1.165) is 5.56 Å². The predicted molar refractivity (Wildman–Crippen MR) is 87.7 cm³/mol. The lowest BCUT2D eigenvalue weighted by Crippen LogP contribution is -2.24. The van der Waals surface area contributed by atoms with Crippen LogP contribution in [-0.4, -0.2) is 36.3 Å². The first-order valence-corrected chi connectivity index (χ1v) is 7.82. The summed E-state index contributed by atoms with van der Waals surface area (Å²) in [6.07, 6.45) is -1.14. The fourth-order valence-corrected chi connectivity index (χ4v) is 2.72. The average Bonchev–Trinajstić information content (AvgIpc) is 3.06. The Labute approximate surface area is 142 Å². The molecule has 128 valence electrons. The van der Waals surface area contributed by atoms with Crippen LogP contribution in [-0.2, 0) is 13.1 Å². The van der Waals surface area contributed by atoms with Gasteiger partial charge in [-0.1, -0.05) is 12.1 Å². The van der Waals surface area contributed by atoms with Crippen molar-refractivity contribution in [3.63, 3.8) is 0 Å². The molecule has 0 saturated heterocycles. The minimum absolute atomic E-state index is 0.0665. The van der Waals surface area contributed by atoms with Crippen LogP contribution in [0, 0.1) is 0 Å². The zero-order chi connectivity index (χ0) is 17.5.